The average Bonchev–Trinajstić information content (AvgIpc) is 2.61. The lowest BCUT2D eigenvalue weighted by Gasteiger charge is -2.23. The standard InChI is InChI=1S/C20H26N2O3/c1-3-22(13-17-7-5-4-6-8-17)14-19(24)15-25-20-11-9-18(10-12-20)21-16(2)23/h4-12,19,24H,3,13-15H2,1-2H3,(H,21,23). The van der Waals surface area contributed by atoms with Gasteiger partial charge in [0.25, 0.3) is 0 Å². The number of benzene rings is 2. The second kappa shape index (κ2) is 9.81. The molecule has 0 radical (unpaired) electrons. The van der Waals surface area contributed by atoms with Crippen LogP contribution >= 0.6 is 0 Å². The van der Waals surface area contributed by atoms with E-state index in [-0.39, 0.29) is 12.5 Å². The lowest BCUT2D eigenvalue weighted by molar-refractivity contribution is -0.114. The third-order valence-electron chi connectivity index (χ3n) is 3.78. The number of hydrogen-bond acceptors (Lipinski definition) is 4. The monoisotopic (exact) mass is 342 g/mol. The smallest absolute Gasteiger partial charge is 0.221 e. The Balaban J connectivity index is 1.78. The molecule has 0 saturated heterocycles. The van der Waals surface area contributed by atoms with Crippen LogP contribution in [-0.4, -0.2) is 41.7 Å². The second-order valence-corrected chi connectivity index (χ2v) is 5.98. The maximum absolute atomic E-state index is 11.0. The van der Waals surface area contributed by atoms with Crippen molar-refractivity contribution in [2.24, 2.45) is 0 Å². The molecular formula is C20H26N2O3. The van der Waals surface area contributed by atoms with E-state index >= 15 is 0 Å². The number of aliphatic hydroxyl groups is 1. The second-order valence-electron chi connectivity index (χ2n) is 5.98. The van der Waals surface area contributed by atoms with E-state index in [0.717, 1.165) is 18.8 Å². The fraction of sp³-hybridized carbons (Fsp3) is 0.350. The van der Waals surface area contributed by atoms with Crippen molar-refractivity contribution >= 4 is 11.6 Å². The molecule has 2 aromatic rings. The average molecular weight is 342 g/mol. The first kappa shape index (κ1) is 19.0. The quantitative estimate of drug-likeness (QED) is 0.736. The summed E-state index contributed by atoms with van der Waals surface area (Å²) in [6.45, 7) is 5.99. The normalized spacial score (nSPS) is 12.0. The number of nitrogens with one attached hydrogen (secondary N) is 1. The maximum Gasteiger partial charge on any atom is 0.221 e. The Hall–Kier alpha value is -2.37. The van der Waals surface area contributed by atoms with Crippen molar-refractivity contribution in [3.8, 4) is 5.75 Å². The molecule has 0 aliphatic heterocycles. The van der Waals surface area contributed by atoms with Gasteiger partial charge in [-0.05, 0) is 36.4 Å². The zero-order valence-corrected chi connectivity index (χ0v) is 14.8. The summed E-state index contributed by atoms with van der Waals surface area (Å²) in [5.41, 5.74) is 1.95. The fourth-order valence-corrected chi connectivity index (χ4v) is 2.53. The van der Waals surface area contributed by atoms with Crippen LogP contribution in [0.1, 0.15) is 19.4 Å². The number of hydrogen-bond donors (Lipinski definition) is 2. The summed E-state index contributed by atoms with van der Waals surface area (Å²) in [7, 11) is 0. The van der Waals surface area contributed by atoms with Crippen LogP contribution in [0.25, 0.3) is 0 Å². The van der Waals surface area contributed by atoms with Crippen LogP contribution in [0.4, 0.5) is 5.69 Å². The molecule has 0 saturated carbocycles. The first-order valence-corrected chi connectivity index (χ1v) is 8.51. The molecule has 1 atom stereocenters. The molecule has 2 rings (SSSR count). The number of carbonyl (C=O) groups excluding carboxylic acids is 1. The minimum absolute atomic E-state index is 0.109. The lowest BCUT2D eigenvalue weighted by atomic mass is 10.2. The van der Waals surface area contributed by atoms with Crippen molar-refractivity contribution in [2.45, 2.75) is 26.5 Å². The molecule has 2 N–H and O–H groups in total. The summed E-state index contributed by atoms with van der Waals surface area (Å²) >= 11 is 0. The Bertz CT molecular complexity index is 644. The van der Waals surface area contributed by atoms with E-state index in [2.05, 4.69) is 29.3 Å². The van der Waals surface area contributed by atoms with Crippen molar-refractivity contribution in [3.63, 3.8) is 0 Å². The van der Waals surface area contributed by atoms with Crippen LogP contribution in [0.2, 0.25) is 0 Å². The molecule has 0 aliphatic carbocycles. The molecule has 134 valence electrons. The number of rotatable bonds is 9. The summed E-state index contributed by atoms with van der Waals surface area (Å²) in [5.74, 6) is 0.557. The van der Waals surface area contributed by atoms with E-state index in [1.807, 2.05) is 18.2 Å². The van der Waals surface area contributed by atoms with Crippen LogP contribution in [0, 0.1) is 0 Å². The molecular weight excluding hydrogens is 316 g/mol. The Kier molecular flexibility index (Phi) is 7.44. The van der Waals surface area contributed by atoms with Gasteiger partial charge in [-0.2, -0.15) is 0 Å². The van der Waals surface area contributed by atoms with E-state index in [9.17, 15) is 9.90 Å². The highest BCUT2D eigenvalue weighted by atomic mass is 16.5. The molecule has 25 heavy (non-hydrogen) atoms. The van der Waals surface area contributed by atoms with Gasteiger partial charge >= 0.3 is 0 Å². The first-order valence-electron chi connectivity index (χ1n) is 8.51. The molecule has 0 aromatic heterocycles. The van der Waals surface area contributed by atoms with Crippen molar-refractivity contribution in [2.75, 3.05) is 25.0 Å². The van der Waals surface area contributed by atoms with Crippen molar-refractivity contribution in [1.82, 2.24) is 4.90 Å². The first-order chi connectivity index (χ1) is 12.1. The third kappa shape index (κ3) is 6.95. The minimum Gasteiger partial charge on any atom is -0.491 e. The van der Waals surface area contributed by atoms with Crippen LogP contribution in [0.15, 0.2) is 54.6 Å². The molecule has 0 aliphatic rings. The topological polar surface area (TPSA) is 61.8 Å². The largest absolute Gasteiger partial charge is 0.491 e. The minimum atomic E-state index is -0.571. The van der Waals surface area contributed by atoms with E-state index in [0.29, 0.717) is 12.3 Å². The number of aliphatic hydroxyl groups excluding tert-OH is 1. The number of amides is 1. The van der Waals surface area contributed by atoms with Gasteiger partial charge in [0.2, 0.25) is 5.91 Å². The molecule has 5 nitrogen and oxygen atoms in total. The van der Waals surface area contributed by atoms with Gasteiger partial charge in [0.1, 0.15) is 18.5 Å². The Morgan fingerprint density at radius 2 is 1.84 bits per heavy atom. The lowest BCUT2D eigenvalue weighted by Crippen LogP contribution is -2.35. The van der Waals surface area contributed by atoms with Crippen molar-refractivity contribution in [1.29, 1.82) is 0 Å². The summed E-state index contributed by atoms with van der Waals surface area (Å²) in [4.78, 5) is 13.2. The Morgan fingerprint density at radius 3 is 2.44 bits per heavy atom. The number of nitrogens with zero attached hydrogens (tertiary/aromatic N) is 1. The van der Waals surface area contributed by atoms with Gasteiger partial charge in [-0.15, -0.1) is 0 Å². The van der Waals surface area contributed by atoms with Gasteiger partial charge in [0, 0.05) is 25.7 Å². The van der Waals surface area contributed by atoms with E-state index in [4.69, 9.17) is 4.74 Å². The van der Waals surface area contributed by atoms with Gasteiger partial charge < -0.3 is 15.2 Å². The van der Waals surface area contributed by atoms with Gasteiger partial charge in [-0.25, -0.2) is 0 Å². The number of anilines is 1. The Morgan fingerprint density at radius 1 is 1.16 bits per heavy atom. The van der Waals surface area contributed by atoms with Crippen LogP contribution in [0.3, 0.4) is 0 Å². The molecule has 0 spiro atoms. The SMILES string of the molecule is CCN(Cc1ccccc1)CC(O)COc1ccc(NC(C)=O)cc1. The number of carbonyl (C=O) groups is 1. The zero-order valence-electron chi connectivity index (χ0n) is 14.8. The predicted octanol–water partition coefficient (Wildman–Crippen LogP) is 2.91. The van der Waals surface area contributed by atoms with Crippen LogP contribution in [0.5, 0.6) is 5.75 Å². The molecule has 5 heteroatoms. The highest BCUT2D eigenvalue weighted by Gasteiger charge is 2.12. The highest BCUT2D eigenvalue weighted by Crippen LogP contribution is 2.16. The molecule has 0 fully saturated rings. The molecule has 0 bridgehead atoms. The zero-order chi connectivity index (χ0) is 18.1. The van der Waals surface area contributed by atoms with E-state index < -0.39 is 6.10 Å². The van der Waals surface area contributed by atoms with Gasteiger partial charge in [-0.3, -0.25) is 9.69 Å². The number of ether oxygens (including phenoxy) is 1. The van der Waals surface area contributed by atoms with Gasteiger partial charge in [0.05, 0.1) is 0 Å². The fourth-order valence-electron chi connectivity index (χ4n) is 2.53. The van der Waals surface area contributed by atoms with Crippen LogP contribution in [-0.2, 0) is 11.3 Å². The Labute approximate surface area is 149 Å². The molecule has 1 unspecified atom stereocenters. The third-order valence-corrected chi connectivity index (χ3v) is 3.78. The van der Waals surface area contributed by atoms with Gasteiger partial charge in [-0.1, -0.05) is 37.3 Å². The summed E-state index contributed by atoms with van der Waals surface area (Å²) < 4.78 is 5.63. The predicted molar refractivity (Wildman–Crippen MR) is 99.6 cm³/mol. The number of likely N-dealkylation sites (N-methyl/N-ethyl adjacent to an activating group) is 1. The van der Waals surface area contributed by atoms with E-state index in [1.54, 1.807) is 24.3 Å². The van der Waals surface area contributed by atoms with Crippen molar-refractivity contribution in [3.05, 3.63) is 60.2 Å². The highest BCUT2D eigenvalue weighted by molar-refractivity contribution is 5.88. The summed E-state index contributed by atoms with van der Waals surface area (Å²) in [6, 6.07) is 17.3. The molecule has 0 heterocycles. The molecule has 2 aromatic carbocycles. The van der Waals surface area contributed by atoms with Gasteiger partial charge in [0.15, 0.2) is 0 Å². The van der Waals surface area contributed by atoms with E-state index in [1.165, 1.54) is 12.5 Å². The van der Waals surface area contributed by atoms with Crippen molar-refractivity contribution < 1.29 is 14.6 Å². The summed E-state index contributed by atoms with van der Waals surface area (Å²) in [6.07, 6.45) is -0.571. The summed E-state index contributed by atoms with van der Waals surface area (Å²) in [5, 5.41) is 12.9. The van der Waals surface area contributed by atoms with Crippen LogP contribution < -0.4 is 10.1 Å². The maximum atomic E-state index is 11.0. The molecule has 1 amide bonds.